The first-order valence-corrected chi connectivity index (χ1v) is 11.3. The van der Waals surface area contributed by atoms with E-state index in [1.54, 1.807) is 24.3 Å². The molecule has 0 spiro atoms. The zero-order valence-corrected chi connectivity index (χ0v) is 18.2. The lowest BCUT2D eigenvalue weighted by atomic mass is 9.80. The van der Waals surface area contributed by atoms with Crippen molar-refractivity contribution in [1.82, 2.24) is 0 Å². The molecule has 0 saturated carbocycles. The van der Waals surface area contributed by atoms with E-state index in [1.807, 2.05) is 19.1 Å². The largest absolute Gasteiger partial charge is 0.491 e. The van der Waals surface area contributed by atoms with Crippen LogP contribution in [0, 0.1) is 6.92 Å². The predicted octanol–water partition coefficient (Wildman–Crippen LogP) is 5.64. The maximum atomic E-state index is 12.1. The molecule has 2 aromatic rings. The molecule has 0 N–H and O–H groups in total. The van der Waals surface area contributed by atoms with Crippen molar-refractivity contribution < 1.29 is 17.3 Å². The highest BCUT2D eigenvalue weighted by Gasteiger charge is 2.20. The van der Waals surface area contributed by atoms with Crippen LogP contribution in [-0.4, -0.2) is 21.6 Å². The van der Waals surface area contributed by atoms with E-state index in [-0.39, 0.29) is 23.5 Å². The fourth-order valence-electron chi connectivity index (χ4n) is 3.04. The van der Waals surface area contributed by atoms with Crippen LogP contribution in [-0.2, 0) is 19.7 Å². The molecule has 154 valence electrons. The zero-order valence-electron chi connectivity index (χ0n) is 17.4. The van der Waals surface area contributed by atoms with Crippen molar-refractivity contribution in [3.8, 4) is 5.75 Å². The van der Waals surface area contributed by atoms with Gasteiger partial charge in [-0.15, -0.1) is 0 Å². The summed E-state index contributed by atoms with van der Waals surface area (Å²) in [6, 6.07) is 14.6. The summed E-state index contributed by atoms with van der Waals surface area (Å²) >= 11 is 0. The summed E-state index contributed by atoms with van der Waals surface area (Å²) in [4.78, 5) is 0.160. The van der Waals surface area contributed by atoms with Crippen molar-refractivity contribution in [3.63, 3.8) is 0 Å². The number of hydrogen-bond acceptors (Lipinski definition) is 4. The van der Waals surface area contributed by atoms with E-state index in [9.17, 15) is 8.42 Å². The minimum atomic E-state index is -3.75. The van der Waals surface area contributed by atoms with Crippen LogP contribution in [0.1, 0.15) is 57.6 Å². The third kappa shape index (κ3) is 6.64. The molecule has 0 aliphatic heterocycles. The number of hydrogen-bond donors (Lipinski definition) is 0. The normalized spacial score (nSPS) is 12.1. The second-order valence-electron chi connectivity index (χ2n) is 7.80. The van der Waals surface area contributed by atoms with Gasteiger partial charge in [-0.05, 0) is 48.6 Å². The van der Waals surface area contributed by atoms with Crippen molar-refractivity contribution in [2.24, 2.45) is 0 Å². The molecule has 4 nitrogen and oxygen atoms in total. The van der Waals surface area contributed by atoms with E-state index in [4.69, 9.17) is 8.92 Å². The molecular weight excluding hydrogens is 372 g/mol. The molecule has 0 fully saturated rings. The molecule has 0 atom stereocenters. The number of benzene rings is 2. The molecule has 5 heteroatoms. The molecule has 2 rings (SSSR count). The molecule has 0 amide bonds. The Balaban J connectivity index is 1.82. The number of rotatable bonds is 11. The van der Waals surface area contributed by atoms with Crippen LogP contribution < -0.4 is 4.74 Å². The zero-order chi connectivity index (χ0) is 20.6. The Morgan fingerprint density at radius 1 is 0.893 bits per heavy atom. The molecule has 0 saturated heterocycles. The lowest BCUT2D eigenvalue weighted by Gasteiger charge is -2.25. The highest BCUT2D eigenvalue weighted by molar-refractivity contribution is 7.86. The monoisotopic (exact) mass is 404 g/mol. The molecule has 28 heavy (non-hydrogen) atoms. The summed E-state index contributed by atoms with van der Waals surface area (Å²) in [5.41, 5.74) is 2.42. The third-order valence-corrected chi connectivity index (χ3v) is 6.27. The van der Waals surface area contributed by atoms with E-state index in [0.29, 0.717) is 5.75 Å². The van der Waals surface area contributed by atoms with Gasteiger partial charge in [-0.2, -0.15) is 8.42 Å². The molecule has 0 aromatic heterocycles. The molecule has 0 aliphatic rings. The molecule has 0 bridgehead atoms. The summed E-state index contributed by atoms with van der Waals surface area (Å²) in [7, 11) is -3.75. The molecular formula is C23H32O4S. The Kier molecular flexibility index (Phi) is 8.08. The van der Waals surface area contributed by atoms with Gasteiger partial charge in [0.25, 0.3) is 10.1 Å². The first kappa shape index (κ1) is 22.4. The number of aryl methyl sites for hydroxylation is 1. The predicted molar refractivity (Wildman–Crippen MR) is 113 cm³/mol. The van der Waals surface area contributed by atoms with Crippen LogP contribution in [0.4, 0.5) is 0 Å². The average Bonchev–Trinajstić information content (AvgIpc) is 2.66. The molecule has 0 aliphatic carbocycles. The molecule has 0 heterocycles. The minimum Gasteiger partial charge on any atom is -0.491 e. The summed E-state index contributed by atoms with van der Waals surface area (Å²) in [6.45, 7) is 8.80. The summed E-state index contributed by atoms with van der Waals surface area (Å²) in [6.07, 6.45) is 4.88. The van der Waals surface area contributed by atoms with Gasteiger partial charge in [-0.25, -0.2) is 0 Å². The Morgan fingerprint density at radius 3 is 2.14 bits per heavy atom. The summed E-state index contributed by atoms with van der Waals surface area (Å²) < 4.78 is 35.0. The maximum Gasteiger partial charge on any atom is 0.297 e. The van der Waals surface area contributed by atoms with Crippen LogP contribution in [0.3, 0.4) is 0 Å². The molecule has 2 aromatic carbocycles. The second kappa shape index (κ2) is 10.1. The first-order valence-electron chi connectivity index (χ1n) is 9.94. The Labute approximate surface area is 170 Å². The fraction of sp³-hybridized carbons (Fsp3) is 0.478. The van der Waals surface area contributed by atoms with Crippen molar-refractivity contribution in [2.75, 3.05) is 13.2 Å². The number of unbranched alkanes of at least 4 members (excludes halogenated alkanes) is 2. The number of ether oxygens (including phenoxy) is 1. The summed E-state index contributed by atoms with van der Waals surface area (Å²) in [5, 5.41) is 0. The Hall–Kier alpha value is -1.85. The van der Waals surface area contributed by atoms with E-state index < -0.39 is 10.1 Å². The van der Waals surface area contributed by atoms with Gasteiger partial charge in [0.1, 0.15) is 19.0 Å². The van der Waals surface area contributed by atoms with E-state index in [0.717, 1.165) is 12.0 Å². The quantitative estimate of drug-likeness (QED) is 0.359. The molecule has 0 unspecified atom stereocenters. The topological polar surface area (TPSA) is 52.6 Å². The lowest BCUT2D eigenvalue weighted by Crippen LogP contribution is -2.17. The van der Waals surface area contributed by atoms with Crippen LogP contribution in [0.25, 0.3) is 0 Å². The third-order valence-electron chi connectivity index (χ3n) is 4.94. The minimum absolute atomic E-state index is 0.0273. The van der Waals surface area contributed by atoms with Crippen LogP contribution in [0.15, 0.2) is 53.4 Å². The standard InChI is InChI=1S/C23H32O4S/c1-5-6-7-16-23(3,4)20-10-12-21(13-11-20)26-17-18-27-28(24,25)22-14-8-19(2)9-15-22/h8-15H,5-7,16-18H2,1-4H3. The second-order valence-corrected chi connectivity index (χ2v) is 9.42. The van der Waals surface area contributed by atoms with Gasteiger partial charge >= 0.3 is 0 Å². The van der Waals surface area contributed by atoms with Gasteiger partial charge in [0.15, 0.2) is 0 Å². The van der Waals surface area contributed by atoms with Gasteiger partial charge < -0.3 is 4.74 Å². The van der Waals surface area contributed by atoms with Crippen molar-refractivity contribution in [1.29, 1.82) is 0 Å². The van der Waals surface area contributed by atoms with E-state index in [1.165, 1.54) is 24.8 Å². The van der Waals surface area contributed by atoms with Crippen LogP contribution in [0.5, 0.6) is 5.75 Å². The van der Waals surface area contributed by atoms with Gasteiger partial charge in [0, 0.05) is 0 Å². The van der Waals surface area contributed by atoms with Gasteiger partial charge in [-0.1, -0.05) is 69.9 Å². The van der Waals surface area contributed by atoms with Gasteiger partial charge in [0.05, 0.1) is 4.90 Å². The van der Waals surface area contributed by atoms with E-state index >= 15 is 0 Å². The lowest BCUT2D eigenvalue weighted by molar-refractivity contribution is 0.221. The maximum absolute atomic E-state index is 12.1. The SMILES string of the molecule is CCCCCC(C)(C)c1ccc(OCCOS(=O)(=O)c2ccc(C)cc2)cc1. The van der Waals surface area contributed by atoms with Crippen molar-refractivity contribution in [2.45, 2.75) is 63.7 Å². The van der Waals surface area contributed by atoms with Crippen LogP contribution in [0.2, 0.25) is 0 Å². The molecule has 0 radical (unpaired) electrons. The fourth-order valence-corrected chi connectivity index (χ4v) is 3.93. The first-order chi connectivity index (χ1) is 13.2. The Morgan fingerprint density at radius 2 is 1.54 bits per heavy atom. The van der Waals surface area contributed by atoms with Gasteiger partial charge in [-0.3, -0.25) is 4.18 Å². The van der Waals surface area contributed by atoms with Crippen LogP contribution >= 0.6 is 0 Å². The smallest absolute Gasteiger partial charge is 0.297 e. The van der Waals surface area contributed by atoms with Crippen molar-refractivity contribution in [3.05, 3.63) is 59.7 Å². The summed E-state index contributed by atoms with van der Waals surface area (Å²) in [5.74, 6) is 0.712. The Bertz CT molecular complexity index is 822. The average molecular weight is 405 g/mol. The highest BCUT2D eigenvalue weighted by atomic mass is 32.2. The highest BCUT2D eigenvalue weighted by Crippen LogP contribution is 2.30. The van der Waals surface area contributed by atoms with E-state index in [2.05, 4.69) is 32.9 Å². The van der Waals surface area contributed by atoms with Crippen molar-refractivity contribution >= 4 is 10.1 Å². The van der Waals surface area contributed by atoms with Gasteiger partial charge in [0.2, 0.25) is 0 Å².